The van der Waals surface area contributed by atoms with Crippen LogP contribution in [0.2, 0.25) is 0 Å². The van der Waals surface area contributed by atoms with E-state index >= 15 is 0 Å². The van der Waals surface area contributed by atoms with Crippen molar-refractivity contribution in [1.29, 1.82) is 0 Å². The predicted molar refractivity (Wildman–Crippen MR) is 227 cm³/mol. The third kappa shape index (κ3) is 11.2. The van der Waals surface area contributed by atoms with E-state index in [0.717, 1.165) is 61.4 Å². The molecule has 10 heteroatoms. The Morgan fingerprint density at radius 1 is 0.552 bits per heavy atom. The summed E-state index contributed by atoms with van der Waals surface area (Å²) >= 11 is 0. The number of hydrogen-bond acceptors (Lipinski definition) is 10. The lowest BCUT2D eigenvalue weighted by Gasteiger charge is -2.34. The zero-order chi connectivity index (χ0) is 41.6. The van der Waals surface area contributed by atoms with Gasteiger partial charge in [-0.05, 0) is 136 Å². The first-order chi connectivity index (χ1) is 28.1. The number of carbonyl (C=O) groups excluding carboxylic acids is 2. The van der Waals surface area contributed by atoms with Gasteiger partial charge in [0, 0.05) is 72.0 Å². The number of aromatic nitrogens is 4. The van der Waals surface area contributed by atoms with E-state index in [1.165, 1.54) is 36.8 Å². The molecule has 0 aromatic carbocycles. The number of nitrogens with zero attached hydrogens (tertiary/aromatic N) is 4. The summed E-state index contributed by atoms with van der Waals surface area (Å²) in [4.78, 5) is 42.5. The van der Waals surface area contributed by atoms with Crippen molar-refractivity contribution in [2.75, 3.05) is 28.4 Å². The smallest absolute Gasteiger partial charge is 0.216 e. The van der Waals surface area contributed by atoms with E-state index in [0.29, 0.717) is 71.2 Å². The third-order valence-corrected chi connectivity index (χ3v) is 13.0. The summed E-state index contributed by atoms with van der Waals surface area (Å²) in [6.45, 7) is 8.61. The molecule has 0 radical (unpaired) electrons. The number of carbonyl (C=O) groups is 2. The highest BCUT2D eigenvalue weighted by Gasteiger charge is 2.31. The Bertz CT molecular complexity index is 1760. The number of pyridine rings is 4. The second-order valence-corrected chi connectivity index (χ2v) is 16.1. The Morgan fingerprint density at radius 2 is 0.931 bits per heavy atom. The van der Waals surface area contributed by atoms with Gasteiger partial charge in [-0.2, -0.15) is 0 Å². The Kier molecular flexibility index (Phi) is 16.6. The molecule has 2 saturated carbocycles. The van der Waals surface area contributed by atoms with Crippen molar-refractivity contribution in [1.82, 2.24) is 19.9 Å². The van der Waals surface area contributed by atoms with Gasteiger partial charge in [0.15, 0.2) is 11.6 Å². The van der Waals surface area contributed by atoms with Gasteiger partial charge < -0.3 is 18.9 Å². The van der Waals surface area contributed by atoms with Crippen LogP contribution in [0.5, 0.6) is 23.5 Å². The van der Waals surface area contributed by atoms with Gasteiger partial charge in [-0.1, -0.05) is 26.7 Å². The average molecular weight is 793 g/mol. The number of rotatable bonds is 16. The molecule has 4 aromatic rings. The highest BCUT2D eigenvalue weighted by atomic mass is 16.5. The number of Topliss-reactive ketones (excluding diaryl/α,β-unsaturated/α-hetero) is 2. The monoisotopic (exact) mass is 792 g/mol. The van der Waals surface area contributed by atoms with E-state index < -0.39 is 0 Å². The first-order valence-corrected chi connectivity index (χ1v) is 21.2. The van der Waals surface area contributed by atoms with Gasteiger partial charge in [-0.15, -0.1) is 0 Å². The molecule has 2 fully saturated rings. The van der Waals surface area contributed by atoms with Crippen molar-refractivity contribution < 1.29 is 28.5 Å². The molecule has 0 spiro atoms. The molecular formula is C48H64N4O6. The van der Waals surface area contributed by atoms with E-state index in [9.17, 15) is 9.59 Å². The first-order valence-electron chi connectivity index (χ1n) is 21.2. The van der Waals surface area contributed by atoms with Gasteiger partial charge in [0.2, 0.25) is 23.5 Å². The molecule has 0 unspecified atom stereocenters. The molecule has 2 aliphatic rings. The van der Waals surface area contributed by atoms with Crippen molar-refractivity contribution in [3.63, 3.8) is 0 Å². The minimum Gasteiger partial charge on any atom is -0.481 e. The van der Waals surface area contributed by atoms with Crippen LogP contribution >= 0.6 is 0 Å². The second kappa shape index (κ2) is 21.8. The maximum Gasteiger partial charge on any atom is 0.216 e. The molecule has 4 heterocycles. The van der Waals surface area contributed by atoms with E-state index in [-0.39, 0.29) is 11.6 Å². The minimum atomic E-state index is 0.184. The molecule has 0 bridgehead atoms. The van der Waals surface area contributed by atoms with Crippen LogP contribution < -0.4 is 18.9 Å². The first kappa shape index (κ1) is 44.2. The molecule has 0 N–H and O–H groups in total. The van der Waals surface area contributed by atoms with Gasteiger partial charge >= 0.3 is 0 Å². The molecule has 2 aliphatic carbocycles. The summed E-state index contributed by atoms with van der Waals surface area (Å²) in [5, 5.41) is 0. The Balaban J connectivity index is 0.000000221. The van der Waals surface area contributed by atoms with Crippen molar-refractivity contribution >= 4 is 11.6 Å². The van der Waals surface area contributed by atoms with Crippen LogP contribution in [0.1, 0.15) is 146 Å². The van der Waals surface area contributed by atoms with Gasteiger partial charge in [-0.25, -0.2) is 19.9 Å². The molecule has 312 valence electrons. The van der Waals surface area contributed by atoms with Crippen LogP contribution in [-0.4, -0.2) is 59.9 Å². The third-order valence-electron chi connectivity index (χ3n) is 13.0. The fraction of sp³-hybridized carbons (Fsp3) is 0.542. The van der Waals surface area contributed by atoms with Gasteiger partial charge in [0.05, 0.1) is 28.4 Å². The maximum absolute atomic E-state index is 12.8. The molecule has 0 amide bonds. The molecule has 58 heavy (non-hydrogen) atoms. The van der Waals surface area contributed by atoms with Crippen LogP contribution in [0.4, 0.5) is 0 Å². The Morgan fingerprint density at radius 3 is 1.22 bits per heavy atom. The average Bonchev–Trinajstić information content (AvgIpc) is 3.28. The van der Waals surface area contributed by atoms with Gasteiger partial charge in [0.25, 0.3) is 0 Å². The quantitative estimate of drug-likeness (QED) is 0.101. The van der Waals surface area contributed by atoms with E-state index in [1.807, 2.05) is 24.5 Å². The molecule has 4 aromatic heterocycles. The fourth-order valence-corrected chi connectivity index (χ4v) is 9.49. The lowest BCUT2D eigenvalue weighted by atomic mass is 9.71. The van der Waals surface area contributed by atoms with Crippen LogP contribution in [0.3, 0.4) is 0 Å². The van der Waals surface area contributed by atoms with Crippen LogP contribution in [-0.2, 0) is 0 Å². The van der Waals surface area contributed by atoms with E-state index in [4.69, 9.17) is 18.9 Å². The number of ketones is 2. The van der Waals surface area contributed by atoms with Crippen LogP contribution in [0.15, 0.2) is 61.2 Å². The lowest BCUT2D eigenvalue weighted by molar-refractivity contribution is 0.0917. The minimum absolute atomic E-state index is 0.184. The molecule has 6 rings (SSSR count). The zero-order valence-corrected chi connectivity index (χ0v) is 36.0. The zero-order valence-electron chi connectivity index (χ0n) is 36.0. The number of methoxy groups -OCH3 is 4. The van der Waals surface area contributed by atoms with Crippen molar-refractivity contribution in [2.45, 2.75) is 117 Å². The van der Waals surface area contributed by atoms with Gasteiger partial charge in [-0.3, -0.25) is 9.59 Å². The lowest BCUT2D eigenvalue weighted by Crippen LogP contribution is -2.23. The molecule has 0 saturated heterocycles. The summed E-state index contributed by atoms with van der Waals surface area (Å²) < 4.78 is 20.9. The van der Waals surface area contributed by atoms with Gasteiger partial charge in [0.1, 0.15) is 0 Å². The summed E-state index contributed by atoms with van der Waals surface area (Å²) in [6.07, 6.45) is 19.5. The van der Waals surface area contributed by atoms with E-state index in [2.05, 4.69) is 59.8 Å². The molecule has 10 nitrogen and oxygen atoms in total. The summed E-state index contributed by atoms with van der Waals surface area (Å²) in [7, 11) is 6.52. The normalized spacial score (nSPS) is 20.1. The highest BCUT2D eigenvalue weighted by Crippen LogP contribution is 2.44. The fourth-order valence-electron chi connectivity index (χ4n) is 9.49. The molecule has 0 aliphatic heterocycles. The van der Waals surface area contributed by atoms with Crippen LogP contribution in [0, 0.1) is 37.5 Å². The van der Waals surface area contributed by atoms with Crippen molar-refractivity contribution in [3.05, 3.63) is 94.6 Å². The topological polar surface area (TPSA) is 123 Å². The largest absolute Gasteiger partial charge is 0.481 e. The van der Waals surface area contributed by atoms with Crippen molar-refractivity contribution in [3.8, 4) is 23.5 Å². The standard InChI is InChI=1S/2C24H32N2O3/c2*1-5-17(14-22(27)20-10-11-23(28-3)26-15-20)18-6-8-19(9-7-18)21-12-13-25-24(29-4)16(21)2/h2*10-13,15,17-19H,5-9,14H2,1-4H3/t2*17-,18?,19?/m10/s1. The van der Waals surface area contributed by atoms with E-state index in [1.54, 1.807) is 53.0 Å². The predicted octanol–water partition coefficient (Wildman–Crippen LogP) is 10.8. The van der Waals surface area contributed by atoms with Crippen molar-refractivity contribution in [2.24, 2.45) is 23.7 Å². The Labute approximate surface area is 345 Å². The summed E-state index contributed by atoms with van der Waals surface area (Å²) in [6, 6.07) is 11.4. The molecule has 2 atom stereocenters. The van der Waals surface area contributed by atoms with Crippen LogP contribution in [0.25, 0.3) is 0 Å². The second-order valence-electron chi connectivity index (χ2n) is 16.1. The SMILES string of the molecule is CC[C@@H](CC(=O)c1ccc(OC)nc1)C1CCC(c2ccnc(OC)c2C)CC1.CC[C@H](CC(=O)c1ccc(OC)nc1)C1CCC(c2ccnc(OC)c2C)CC1. The molecular weight excluding hydrogens is 729 g/mol. The summed E-state index contributed by atoms with van der Waals surface area (Å²) in [5.74, 6) is 6.09. The summed E-state index contributed by atoms with van der Waals surface area (Å²) in [5.41, 5.74) is 6.41. The number of ether oxygens (including phenoxy) is 4. The maximum atomic E-state index is 12.8. The number of hydrogen-bond donors (Lipinski definition) is 0. The Hall–Kier alpha value is -4.86. The highest BCUT2D eigenvalue weighted by molar-refractivity contribution is 5.96.